The van der Waals surface area contributed by atoms with E-state index in [2.05, 4.69) is 30.3 Å². The monoisotopic (exact) mass is 241 g/mol. The van der Waals surface area contributed by atoms with Crippen molar-refractivity contribution in [2.75, 3.05) is 6.26 Å². The molecule has 16 heavy (non-hydrogen) atoms. The molecular formula is C14H27NS. The summed E-state index contributed by atoms with van der Waals surface area (Å²) in [5.74, 6) is 0.967. The number of nitrogens with one attached hydrogen (secondary N) is 1. The molecule has 0 spiro atoms. The minimum atomic E-state index is 0.823. The van der Waals surface area contributed by atoms with Gasteiger partial charge in [0, 0.05) is 17.3 Å². The lowest BCUT2D eigenvalue weighted by Crippen LogP contribution is -2.43. The van der Waals surface area contributed by atoms with Crippen molar-refractivity contribution >= 4 is 11.8 Å². The van der Waals surface area contributed by atoms with Gasteiger partial charge in [0.25, 0.3) is 0 Å². The standard InChI is InChI=1S/C14H27NS/c1-3-11-6-4-9-14(11)15-12-7-5-8-13(10-12)16-2/h11-15H,3-10H2,1-2H3. The number of thioether (sulfide) groups is 1. The van der Waals surface area contributed by atoms with Crippen LogP contribution in [0.5, 0.6) is 0 Å². The van der Waals surface area contributed by atoms with Gasteiger partial charge in [0.1, 0.15) is 0 Å². The van der Waals surface area contributed by atoms with Crippen LogP contribution in [-0.2, 0) is 0 Å². The summed E-state index contributed by atoms with van der Waals surface area (Å²) in [5.41, 5.74) is 0. The predicted octanol–water partition coefficient (Wildman–Crippen LogP) is 3.83. The molecule has 1 nitrogen and oxygen atoms in total. The Balaban J connectivity index is 1.79. The average Bonchev–Trinajstić information content (AvgIpc) is 2.76. The first kappa shape index (κ1) is 12.8. The van der Waals surface area contributed by atoms with Crippen molar-refractivity contribution in [2.24, 2.45) is 5.92 Å². The third kappa shape index (κ3) is 3.16. The quantitative estimate of drug-likeness (QED) is 0.803. The summed E-state index contributed by atoms with van der Waals surface area (Å²) in [7, 11) is 0. The molecule has 0 bridgehead atoms. The van der Waals surface area contributed by atoms with E-state index in [-0.39, 0.29) is 0 Å². The van der Waals surface area contributed by atoms with Crippen molar-refractivity contribution in [2.45, 2.75) is 75.6 Å². The first-order valence-electron chi connectivity index (χ1n) is 7.12. The Kier molecular flexibility index (Phi) is 5.02. The van der Waals surface area contributed by atoms with Gasteiger partial charge in [-0.05, 0) is 44.3 Å². The Morgan fingerprint density at radius 2 is 1.94 bits per heavy atom. The summed E-state index contributed by atoms with van der Waals surface area (Å²) in [6, 6.07) is 1.67. The summed E-state index contributed by atoms with van der Waals surface area (Å²) in [4.78, 5) is 0. The summed E-state index contributed by atoms with van der Waals surface area (Å²) in [6.07, 6.45) is 13.7. The van der Waals surface area contributed by atoms with E-state index in [1.807, 2.05) is 0 Å². The molecule has 4 atom stereocenters. The Morgan fingerprint density at radius 3 is 2.69 bits per heavy atom. The highest BCUT2D eigenvalue weighted by Crippen LogP contribution is 2.32. The zero-order chi connectivity index (χ0) is 11.4. The fraction of sp³-hybridized carbons (Fsp3) is 1.00. The van der Waals surface area contributed by atoms with E-state index in [9.17, 15) is 0 Å². The lowest BCUT2D eigenvalue weighted by atomic mass is 9.92. The van der Waals surface area contributed by atoms with Gasteiger partial charge in [0.15, 0.2) is 0 Å². The minimum Gasteiger partial charge on any atom is -0.311 e. The molecule has 0 aromatic heterocycles. The molecule has 0 saturated heterocycles. The van der Waals surface area contributed by atoms with Gasteiger partial charge < -0.3 is 5.32 Å². The topological polar surface area (TPSA) is 12.0 Å². The molecule has 2 heteroatoms. The highest BCUT2D eigenvalue weighted by molar-refractivity contribution is 7.99. The zero-order valence-corrected chi connectivity index (χ0v) is 11.7. The molecule has 94 valence electrons. The van der Waals surface area contributed by atoms with Crippen LogP contribution in [0.25, 0.3) is 0 Å². The van der Waals surface area contributed by atoms with Gasteiger partial charge in [-0.1, -0.05) is 26.2 Å². The SMILES string of the molecule is CCC1CCCC1NC1CCCC(SC)C1. The van der Waals surface area contributed by atoms with Gasteiger partial charge in [-0.25, -0.2) is 0 Å². The van der Waals surface area contributed by atoms with Crippen LogP contribution in [0.15, 0.2) is 0 Å². The average molecular weight is 241 g/mol. The van der Waals surface area contributed by atoms with E-state index in [0.29, 0.717) is 0 Å². The maximum Gasteiger partial charge on any atom is 0.00978 e. The third-order valence-electron chi connectivity index (χ3n) is 4.59. The molecule has 2 aliphatic rings. The molecule has 0 aromatic carbocycles. The smallest absolute Gasteiger partial charge is 0.00978 e. The van der Waals surface area contributed by atoms with Crippen LogP contribution in [0.3, 0.4) is 0 Å². The largest absolute Gasteiger partial charge is 0.311 e. The first-order chi connectivity index (χ1) is 7.83. The molecule has 0 amide bonds. The Morgan fingerprint density at radius 1 is 1.12 bits per heavy atom. The van der Waals surface area contributed by atoms with Crippen molar-refractivity contribution < 1.29 is 0 Å². The maximum atomic E-state index is 3.97. The number of rotatable bonds is 4. The van der Waals surface area contributed by atoms with Crippen LogP contribution in [-0.4, -0.2) is 23.6 Å². The molecule has 2 saturated carbocycles. The lowest BCUT2D eigenvalue weighted by Gasteiger charge is -2.32. The van der Waals surface area contributed by atoms with Crippen molar-refractivity contribution in [3.05, 3.63) is 0 Å². The highest BCUT2D eigenvalue weighted by Gasteiger charge is 2.29. The first-order valence-corrected chi connectivity index (χ1v) is 8.41. The highest BCUT2D eigenvalue weighted by atomic mass is 32.2. The molecule has 0 radical (unpaired) electrons. The third-order valence-corrected chi connectivity index (χ3v) is 5.69. The van der Waals surface area contributed by atoms with Crippen molar-refractivity contribution in [3.8, 4) is 0 Å². The van der Waals surface area contributed by atoms with E-state index in [1.54, 1.807) is 0 Å². The fourth-order valence-electron chi connectivity index (χ4n) is 3.56. The normalized spacial score (nSPS) is 40.1. The molecule has 0 aliphatic heterocycles. The summed E-state index contributed by atoms with van der Waals surface area (Å²) in [6.45, 7) is 2.36. The summed E-state index contributed by atoms with van der Waals surface area (Å²) < 4.78 is 0. The Bertz CT molecular complexity index is 207. The minimum absolute atomic E-state index is 0.823. The molecule has 2 aliphatic carbocycles. The van der Waals surface area contributed by atoms with Crippen molar-refractivity contribution in [3.63, 3.8) is 0 Å². The molecule has 2 fully saturated rings. The molecule has 4 unspecified atom stereocenters. The summed E-state index contributed by atoms with van der Waals surface area (Å²) in [5, 5.41) is 4.89. The van der Waals surface area contributed by atoms with Crippen molar-refractivity contribution in [1.29, 1.82) is 0 Å². The van der Waals surface area contributed by atoms with E-state index < -0.39 is 0 Å². The van der Waals surface area contributed by atoms with E-state index in [0.717, 1.165) is 23.3 Å². The van der Waals surface area contributed by atoms with Gasteiger partial charge in [-0.3, -0.25) is 0 Å². The fourth-order valence-corrected chi connectivity index (χ4v) is 4.39. The van der Waals surface area contributed by atoms with Crippen molar-refractivity contribution in [1.82, 2.24) is 5.32 Å². The van der Waals surface area contributed by atoms with Crippen LogP contribution in [0.1, 0.15) is 58.3 Å². The Hall–Kier alpha value is 0.310. The zero-order valence-electron chi connectivity index (χ0n) is 10.9. The van der Waals surface area contributed by atoms with E-state index >= 15 is 0 Å². The Labute approximate surface area is 105 Å². The van der Waals surface area contributed by atoms with Crippen LogP contribution in [0.2, 0.25) is 0 Å². The molecule has 0 aromatic rings. The predicted molar refractivity (Wildman–Crippen MR) is 74.1 cm³/mol. The second-order valence-corrected chi connectivity index (χ2v) is 6.73. The van der Waals surface area contributed by atoms with Gasteiger partial charge in [0.05, 0.1) is 0 Å². The van der Waals surface area contributed by atoms with Gasteiger partial charge >= 0.3 is 0 Å². The van der Waals surface area contributed by atoms with Gasteiger partial charge in [-0.15, -0.1) is 0 Å². The molecule has 1 N–H and O–H groups in total. The van der Waals surface area contributed by atoms with Crippen LogP contribution in [0, 0.1) is 5.92 Å². The van der Waals surface area contributed by atoms with E-state index in [1.165, 1.54) is 51.4 Å². The van der Waals surface area contributed by atoms with Gasteiger partial charge in [0.2, 0.25) is 0 Å². The second kappa shape index (κ2) is 6.30. The number of hydrogen-bond acceptors (Lipinski definition) is 2. The van der Waals surface area contributed by atoms with Crippen LogP contribution < -0.4 is 5.32 Å². The molecular weight excluding hydrogens is 214 g/mol. The van der Waals surface area contributed by atoms with Crippen LogP contribution >= 0.6 is 11.8 Å². The van der Waals surface area contributed by atoms with Crippen LogP contribution in [0.4, 0.5) is 0 Å². The van der Waals surface area contributed by atoms with Gasteiger partial charge in [-0.2, -0.15) is 11.8 Å². The molecule has 0 heterocycles. The molecule has 2 rings (SSSR count). The number of hydrogen-bond donors (Lipinski definition) is 1. The van der Waals surface area contributed by atoms with E-state index in [4.69, 9.17) is 0 Å². The lowest BCUT2D eigenvalue weighted by molar-refractivity contribution is 0.300. The summed E-state index contributed by atoms with van der Waals surface area (Å²) >= 11 is 2.07. The maximum absolute atomic E-state index is 3.97. The second-order valence-electron chi connectivity index (χ2n) is 5.59.